The van der Waals surface area contributed by atoms with Gasteiger partial charge in [-0.1, -0.05) is 0 Å². The second-order valence-electron chi connectivity index (χ2n) is 5.23. The average molecular weight is 227 g/mol. The third kappa shape index (κ3) is 4.81. The zero-order chi connectivity index (χ0) is 11.2. The second kappa shape index (κ2) is 6.58. The van der Waals surface area contributed by atoms with E-state index in [1.165, 1.54) is 12.8 Å². The van der Waals surface area contributed by atoms with Crippen LogP contribution in [0.4, 0.5) is 0 Å². The first-order valence-electron chi connectivity index (χ1n) is 6.77. The summed E-state index contributed by atoms with van der Waals surface area (Å²) in [5.74, 6) is 0.893. The maximum absolute atomic E-state index is 5.60. The van der Waals surface area contributed by atoms with Gasteiger partial charge in [-0.05, 0) is 51.5 Å². The Bertz CT molecular complexity index is 194. The number of hydrogen-bond acceptors (Lipinski definition) is 3. The van der Waals surface area contributed by atoms with Crippen LogP contribution in [0.25, 0.3) is 0 Å². The van der Waals surface area contributed by atoms with Crippen LogP contribution in [0, 0.1) is 5.92 Å². The number of hydrogen-bond donors (Lipinski definition) is 1. The lowest BCUT2D eigenvalue weighted by Crippen LogP contribution is -2.38. The second-order valence-corrected chi connectivity index (χ2v) is 5.23. The zero-order valence-corrected chi connectivity index (χ0v) is 10.4. The summed E-state index contributed by atoms with van der Waals surface area (Å²) in [7, 11) is 0. The fourth-order valence-corrected chi connectivity index (χ4v) is 2.20. The summed E-state index contributed by atoms with van der Waals surface area (Å²) in [6.45, 7) is 6.07. The van der Waals surface area contributed by atoms with E-state index >= 15 is 0 Å². The molecule has 0 aromatic carbocycles. The van der Waals surface area contributed by atoms with Gasteiger partial charge >= 0.3 is 0 Å². The predicted molar refractivity (Wildman–Crippen MR) is 64.6 cm³/mol. The summed E-state index contributed by atoms with van der Waals surface area (Å²) in [6.07, 6.45) is 6.66. The zero-order valence-electron chi connectivity index (χ0n) is 10.4. The molecule has 1 heterocycles. The Kier molecular flexibility index (Phi) is 5.07. The molecule has 2 atom stereocenters. The molecule has 0 aromatic heterocycles. The molecule has 2 aliphatic rings. The first-order valence-corrected chi connectivity index (χ1v) is 6.77. The average Bonchev–Trinajstić information content (AvgIpc) is 3.07. The van der Waals surface area contributed by atoms with Crippen molar-refractivity contribution in [2.45, 2.75) is 51.2 Å². The van der Waals surface area contributed by atoms with Crippen LogP contribution in [-0.2, 0) is 9.47 Å². The fraction of sp³-hybridized carbons (Fsp3) is 1.00. The molecule has 0 amide bonds. The molecule has 2 rings (SSSR count). The predicted octanol–water partition coefficient (Wildman–Crippen LogP) is 1.96. The summed E-state index contributed by atoms with van der Waals surface area (Å²) in [5, 5.41) is 3.60. The SMILES string of the molecule is CC1CC(NCCCOCC2CC2)CCO1. The van der Waals surface area contributed by atoms with Gasteiger partial charge in [-0.25, -0.2) is 0 Å². The monoisotopic (exact) mass is 227 g/mol. The highest BCUT2D eigenvalue weighted by Gasteiger charge is 2.21. The van der Waals surface area contributed by atoms with E-state index < -0.39 is 0 Å². The first-order chi connectivity index (χ1) is 7.84. The Morgan fingerprint density at radius 2 is 2.19 bits per heavy atom. The van der Waals surface area contributed by atoms with E-state index in [4.69, 9.17) is 9.47 Å². The third-order valence-electron chi connectivity index (χ3n) is 3.43. The van der Waals surface area contributed by atoms with Crippen molar-refractivity contribution in [1.29, 1.82) is 0 Å². The van der Waals surface area contributed by atoms with E-state index in [-0.39, 0.29) is 0 Å². The minimum absolute atomic E-state index is 0.428. The van der Waals surface area contributed by atoms with E-state index in [1.807, 2.05) is 0 Å². The highest BCUT2D eigenvalue weighted by atomic mass is 16.5. The minimum atomic E-state index is 0.428. The van der Waals surface area contributed by atoms with Gasteiger partial charge < -0.3 is 14.8 Å². The molecule has 1 saturated carbocycles. The smallest absolute Gasteiger partial charge is 0.0561 e. The summed E-state index contributed by atoms with van der Waals surface area (Å²) < 4.78 is 11.1. The lowest BCUT2D eigenvalue weighted by molar-refractivity contribution is 0.0129. The van der Waals surface area contributed by atoms with Crippen molar-refractivity contribution in [2.24, 2.45) is 5.92 Å². The van der Waals surface area contributed by atoms with E-state index in [9.17, 15) is 0 Å². The van der Waals surface area contributed by atoms with Crippen LogP contribution in [0.2, 0.25) is 0 Å². The highest BCUT2D eigenvalue weighted by molar-refractivity contribution is 4.74. The molecular formula is C13H25NO2. The van der Waals surface area contributed by atoms with E-state index in [2.05, 4.69) is 12.2 Å². The summed E-state index contributed by atoms with van der Waals surface area (Å²) in [4.78, 5) is 0. The number of ether oxygens (including phenoxy) is 2. The Morgan fingerprint density at radius 1 is 1.31 bits per heavy atom. The lowest BCUT2D eigenvalue weighted by Gasteiger charge is -2.28. The molecule has 1 saturated heterocycles. The van der Waals surface area contributed by atoms with Crippen LogP contribution in [-0.4, -0.2) is 38.5 Å². The van der Waals surface area contributed by atoms with Gasteiger partial charge in [-0.15, -0.1) is 0 Å². The Hall–Kier alpha value is -0.120. The first kappa shape index (κ1) is 12.3. The molecule has 0 aromatic rings. The van der Waals surface area contributed by atoms with Gasteiger partial charge in [-0.3, -0.25) is 0 Å². The molecule has 2 fully saturated rings. The van der Waals surface area contributed by atoms with E-state index in [0.717, 1.165) is 51.5 Å². The molecule has 2 unspecified atom stereocenters. The standard InChI is InChI=1S/C13H25NO2/c1-11-9-13(5-8-16-11)14-6-2-7-15-10-12-3-4-12/h11-14H,2-10H2,1H3. The quantitative estimate of drug-likeness (QED) is 0.674. The number of nitrogens with one attached hydrogen (secondary N) is 1. The van der Waals surface area contributed by atoms with Gasteiger partial charge in [0.25, 0.3) is 0 Å². The van der Waals surface area contributed by atoms with Crippen molar-refractivity contribution in [3.8, 4) is 0 Å². The van der Waals surface area contributed by atoms with Crippen LogP contribution in [0.5, 0.6) is 0 Å². The summed E-state index contributed by atoms with van der Waals surface area (Å²) in [6, 6.07) is 0.659. The topological polar surface area (TPSA) is 30.5 Å². The van der Waals surface area contributed by atoms with Crippen molar-refractivity contribution < 1.29 is 9.47 Å². The molecule has 1 aliphatic carbocycles. The van der Waals surface area contributed by atoms with Crippen LogP contribution >= 0.6 is 0 Å². The van der Waals surface area contributed by atoms with E-state index in [0.29, 0.717) is 12.1 Å². The Balaban J connectivity index is 1.41. The number of rotatable bonds is 7. The molecule has 1 aliphatic heterocycles. The Labute approximate surface area is 98.9 Å². The van der Waals surface area contributed by atoms with Gasteiger partial charge in [0, 0.05) is 25.9 Å². The van der Waals surface area contributed by atoms with Crippen molar-refractivity contribution >= 4 is 0 Å². The summed E-state index contributed by atoms with van der Waals surface area (Å²) >= 11 is 0. The Morgan fingerprint density at radius 3 is 2.94 bits per heavy atom. The third-order valence-corrected chi connectivity index (χ3v) is 3.43. The van der Waals surface area contributed by atoms with Gasteiger partial charge in [0.15, 0.2) is 0 Å². The van der Waals surface area contributed by atoms with Crippen LogP contribution in [0.3, 0.4) is 0 Å². The molecule has 94 valence electrons. The van der Waals surface area contributed by atoms with E-state index in [1.54, 1.807) is 0 Å². The van der Waals surface area contributed by atoms with Crippen LogP contribution in [0.15, 0.2) is 0 Å². The molecule has 1 N–H and O–H groups in total. The van der Waals surface area contributed by atoms with Crippen LogP contribution < -0.4 is 5.32 Å². The molecule has 3 nitrogen and oxygen atoms in total. The minimum Gasteiger partial charge on any atom is -0.381 e. The van der Waals surface area contributed by atoms with Crippen molar-refractivity contribution in [3.63, 3.8) is 0 Å². The maximum Gasteiger partial charge on any atom is 0.0561 e. The van der Waals surface area contributed by atoms with Crippen molar-refractivity contribution in [1.82, 2.24) is 5.32 Å². The van der Waals surface area contributed by atoms with Gasteiger partial charge in [-0.2, -0.15) is 0 Å². The molecule has 16 heavy (non-hydrogen) atoms. The van der Waals surface area contributed by atoms with Crippen LogP contribution in [0.1, 0.15) is 39.0 Å². The molecular weight excluding hydrogens is 202 g/mol. The molecule has 3 heteroatoms. The normalized spacial score (nSPS) is 30.6. The van der Waals surface area contributed by atoms with Gasteiger partial charge in [0.1, 0.15) is 0 Å². The van der Waals surface area contributed by atoms with Crippen molar-refractivity contribution in [3.05, 3.63) is 0 Å². The van der Waals surface area contributed by atoms with Gasteiger partial charge in [0.05, 0.1) is 6.10 Å². The molecule has 0 bridgehead atoms. The summed E-state index contributed by atoms with van der Waals surface area (Å²) in [5.41, 5.74) is 0. The van der Waals surface area contributed by atoms with Gasteiger partial charge in [0.2, 0.25) is 0 Å². The molecule has 0 spiro atoms. The fourth-order valence-electron chi connectivity index (χ4n) is 2.20. The molecule has 0 radical (unpaired) electrons. The highest BCUT2D eigenvalue weighted by Crippen LogP contribution is 2.28. The largest absolute Gasteiger partial charge is 0.381 e. The lowest BCUT2D eigenvalue weighted by atomic mass is 10.0. The van der Waals surface area contributed by atoms with Crippen molar-refractivity contribution in [2.75, 3.05) is 26.4 Å². The maximum atomic E-state index is 5.60.